The van der Waals surface area contributed by atoms with Crippen molar-refractivity contribution >= 4 is 39.1 Å². The first-order valence-electron chi connectivity index (χ1n) is 11.4. The molecule has 1 N–H and O–H groups in total. The summed E-state index contributed by atoms with van der Waals surface area (Å²) in [6, 6.07) is 22.5. The molecule has 0 fully saturated rings. The lowest BCUT2D eigenvalue weighted by molar-refractivity contribution is -0.139. The smallest absolute Gasteiger partial charge is 0.244 e. The third kappa shape index (κ3) is 7.32. The molecule has 0 radical (unpaired) electrons. The Morgan fingerprint density at radius 2 is 1.61 bits per heavy atom. The molecule has 36 heavy (non-hydrogen) atoms. The van der Waals surface area contributed by atoms with Crippen molar-refractivity contribution in [3.63, 3.8) is 0 Å². The molecule has 190 valence electrons. The maximum Gasteiger partial charge on any atom is 0.244 e. The molecule has 7 nitrogen and oxygen atoms in total. The van der Waals surface area contributed by atoms with E-state index in [1.54, 1.807) is 18.2 Å². The number of likely N-dealkylation sites (N-methyl/N-ethyl adjacent to an activating group) is 1. The highest BCUT2D eigenvalue weighted by molar-refractivity contribution is 7.92. The maximum absolute atomic E-state index is 13.8. The molecule has 0 heterocycles. The van der Waals surface area contributed by atoms with Gasteiger partial charge in [0, 0.05) is 25.0 Å². The molecule has 0 unspecified atom stereocenters. The van der Waals surface area contributed by atoms with Crippen molar-refractivity contribution in [3.05, 3.63) is 101 Å². The van der Waals surface area contributed by atoms with Crippen molar-refractivity contribution < 1.29 is 18.0 Å². The van der Waals surface area contributed by atoms with Gasteiger partial charge in [-0.1, -0.05) is 77.8 Å². The highest BCUT2D eigenvalue weighted by atomic mass is 35.5. The number of halogens is 1. The van der Waals surface area contributed by atoms with Crippen LogP contribution in [0.2, 0.25) is 5.02 Å². The molecule has 0 aliphatic carbocycles. The molecule has 3 rings (SSSR count). The van der Waals surface area contributed by atoms with E-state index >= 15 is 0 Å². The first-order chi connectivity index (χ1) is 17.1. The van der Waals surface area contributed by atoms with Gasteiger partial charge in [0.1, 0.15) is 12.6 Å². The predicted octanol–water partition coefficient (Wildman–Crippen LogP) is 3.80. The summed E-state index contributed by atoms with van der Waals surface area (Å²) in [5.41, 5.74) is 3.04. The molecule has 3 aromatic carbocycles. The van der Waals surface area contributed by atoms with Crippen LogP contribution in [0.5, 0.6) is 0 Å². The number of amides is 2. The number of hydrogen-bond acceptors (Lipinski definition) is 4. The second-order valence-electron chi connectivity index (χ2n) is 8.58. The van der Waals surface area contributed by atoms with Gasteiger partial charge in [0.2, 0.25) is 21.8 Å². The summed E-state index contributed by atoms with van der Waals surface area (Å²) < 4.78 is 26.4. The van der Waals surface area contributed by atoms with Gasteiger partial charge < -0.3 is 10.2 Å². The van der Waals surface area contributed by atoms with Crippen molar-refractivity contribution in [1.82, 2.24) is 10.2 Å². The van der Waals surface area contributed by atoms with Gasteiger partial charge in [-0.3, -0.25) is 13.9 Å². The van der Waals surface area contributed by atoms with Crippen LogP contribution in [0.15, 0.2) is 78.9 Å². The van der Waals surface area contributed by atoms with Crippen LogP contribution < -0.4 is 9.62 Å². The fraction of sp³-hybridized carbons (Fsp3) is 0.259. The van der Waals surface area contributed by atoms with Crippen LogP contribution in [-0.4, -0.2) is 51.0 Å². The fourth-order valence-electron chi connectivity index (χ4n) is 3.86. The highest BCUT2D eigenvalue weighted by Gasteiger charge is 2.32. The molecule has 0 aromatic heterocycles. The van der Waals surface area contributed by atoms with Crippen molar-refractivity contribution in [2.24, 2.45) is 0 Å². The summed E-state index contributed by atoms with van der Waals surface area (Å²) in [7, 11) is -2.31. The molecule has 0 bridgehead atoms. The first-order valence-corrected chi connectivity index (χ1v) is 13.6. The van der Waals surface area contributed by atoms with E-state index in [1.165, 1.54) is 18.0 Å². The molecule has 3 aromatic rings. The van der Waals surface area contributed by atoms with Gasteiger partial charge in [-0.05, 0) is 36.2 Å². The van der Waals surface area contributed by atoms with Gasteiger partial charge in [0.05, 0.1) is 11.9 Å². The highest BCUT2D eigenvalue weighted by Crippen LogP contribution is 2.23. The zero-order chi connectivity index (χ0) is 26.3. The van der Waals surface area contributed by atoms with E-state index in [4.69, 9.17) is 11.6 Å². The van der Waals surface area contributed by atoms with Gasteiger partial charge in [-0.2, -0.15) is 0 Å². The Bertz CT molecular complexity index is 1300. The van der Waals surface area contributed by atoms with E-state index in [-0.39, 0.29) is 24.6 Å². The second kappa shape index (κ2) is 12.1. The van der Waals surface area contributed by atoms with Crippen LogP contribution in [0.3, 0.4) is 0 Å². The third-order valence-electron chi connectivity index (χ3n) is 5.77. The quantitative estimate of drug-likeness (QED) is 0.434. The summed E-state index contributed by atoms with van der Waals surface area (Å²) in [6.07, 6.45) is 1.31. The van der Waals surface area contributed by atoms with Crippen LogP contribution in [0.4, 0.5) is 5.69 Å². The lowest BCUT2D eigenvalue weighted by Crippen LogP contribution is -2.52. The largest absolute Gasteiger partial charge is 0.357 e. The lowest BCUT2D eigenvalue weighted by Gasteiger charge is -2.33. The molecule has 9 heteroatoms. The number of carbonyl (C=O) groups is 2. The van der Waals surface area contributed by atoms with E-state index in [0.29, 0.717) is 5.02 Å². The summed E-state index contributed by atoms with van der Waals surface area (Å²) in [5.74, 6) is -0.849. The van der Waals surface area contributed by atoms with E-state index in [1.807, 2.05) is 61.5 Å². The molecule has 0 aliphatic rings. The number of benzene rings is 3. The number of anilines is 1. The van der Waals surface area contributed by atoms with Crippen molar-refractivity contribution in [3.8, 4) is 0 Å². The zero-order valence-electron chi connectivity index (χ0n) is 20.5. The number of nitrogens with one attached hydrogen (secondary N) is 1. The Labute approximate surface area is 217 Å². The molecule has 0 spiro atoms. The Kier molecular flexibility index (Phi) is 9.12. The van der Waals surface area contributed by atoms with Gasteiger partial charge in [-0.25, -0.2) is 8.42 Å². The van der Waals surface area contributed by atoms with E-state index in [0.717, 1.165) is 27.3 Å². The normalized spacial score (nSPS) is 12.0. The second-order valence-corrected chi connectivity index (χ2v) is 10.9. The summed E-state index contributed by atoms with van der Waals surface area (Å²) in [5, 5.41) is 3.00. The first kappa shape index (κ1) is 27.2. The number of nitrogens with zero attached hydrogens (tertiary/aromatic N) is 2. The molecule has 0 saturated carbocycles. The number of aryl methyl sites for hydroxylation is 1. The topological polar surface area (TPSA) is 86.8 Å². The van der Waals surface area contributed by atoms with Crippen LogP contribution in [0.1, 0.15) is 16.7 Å². The Morgan fingerprint density at radius 3 is 2.19 bits per heavy atom. The Hall–Kier alpha value is -3.36. The van der Waals surface area contributed by atoms with Crippen LogP contribution in [-0.2, 0) is 32.6 Å². The van der Waals surface area contributed by atoms with Gasteiger partial charge in [-0.15, -0.1) is 0 Å². The average molecular weight is 528 g/mol. The third-order valence-corrected chi connectivity index (χ3v) is 7.14. The van der Waals surface area contributed by atoms with Crippen molar-refractivity contribution in [1.29, 1.82) is 0 Å². The summed E-state index contributed by atoms with van der Waals surface area (Å²) in [4.78, 5) is 28.3. The van der Waals surface area contributed by atoms with E-state index in [9.17, 15) is 18.0 Å². The minimum atomic E-state index is -3.83. The molecular formula is C27H30ClN3O4S. The molecule has 2 amide bonds. The number of carbonyl (C=O) groups excluding carboxylic acids is 2. The summed E-state index contributed by atoms with van der Waals surface area (Å²) in [6.45, 7) is 1.62. The predicted molar refractivity (Wildman–Crippen MR) is 143 cm³/mol. The maximum atomic E-state index is 13.8. The van der Waals surface area contributed by atoms with E-state index in [2.05, 4.69) is 5.32 Å². The number of rotatable bonds is 10. The number of hydrogen-bond donors (Lipinski definition) is 1. The Morgan fingerprint density at radius 1 is 0.944 bits per heavy atom. The Balaban J connectivity index is 2.01. The van der Waals surface area contributed by atoms with Crippen molar-refractivity contribution in [2.45, 2.75) is 25.9 Å². The SMILES string of the molecule is CNC(=O)[C@H](Cc1ccccc1)N(Cc1ccc(C)cc1)C(=O)CN(c1cccc(Cl)c1)S(C)(=O)=O. The number of sulfonamides is 1. The van der Waals surface area contributed by atoms with Crippen molar-refractivity contribution in [2.75, 3.05) is 24.2 Å². The standard InChI is InChI=1S/C27H30ClN3O4S/c1-20-12-14-22(15-13-20)18-30(25(27(33)29-2)16-21-8-5-4-6-9-21)26(32)19-31(36(3,34)35)24-11-7-10-23(28)17-24/h4-15,17,25H,16,18-19H2,1-3H3,(H,29,33)/t25-/m0/s1. The van der Waals surface area contributed by atoms with Gasteiger partial charge >= 0.3 is 0 Å². The molecule has 0 saturated heterocycles. The van der Waals surface area contributed by atoms with Gasteiger partial charge in [0.15, 0.2) is 0 Å². The molecule has 0 aliphatic heterocycles. The van der Waals surface area contributed by atoms with Crippen LogP contribution in [0.25, 0.3) is 0 Å². The minimum absolute atomic E-state index is 0.136. The van der Waals surface area contributed by atoms with Crippen LogP contribution >= 0.6 is 11.6 Å². The monoisotopic (exact) mass is 527 g/mol. The van der Waals surface area contributed by atoms with Gasteiger partial charge in [0.25, 0.3) is 0 Å². The minimum Gasteiger partial charge on any atom is -0.357 e. The lowest BCUT2D eigenvalue weighted by atomic mass is 10.0. The summed E-state index contributed by atoms with van der Waals surface area (Å²) >= 11 is 6.09. The van der Waals surface area contributed by atoms with Crippen LogP contribution in [0, 0.1) is 6.92 Å². The fourth-order valence-corrected chi connectivity index (χ4v) is 4.88. The molecular weight excluding hydrogens is 498 g/mol. The van der Waals surface area contributed by atoms with E-state index < -0.39 is 28.5 Å². The molecule has 1 atom stereocenters. The zero-order valence-corrected chi connectivity index (χ0v) is 22.1. The average Bonchev–Trinajstić information content (AvgIpc) is 2.85.